The van der Waals surface area contributed by atoms with Crippen molar-refractivity contribution in [2.75, 3.05) is 23.7 Å². The average Bonchev–Trinajstić information content (AvgIpc) is 2.77. The minimum Gasteiger partial charge on any atom is -0.354 e. The maximum absolute atomic E-state index is 13.6. The lowest BCUT2D eigenvalue weighted by Crippen LogP contribution is -2.51. The van der Waals surface area contributed by atoms with Gasteiger partial charge in [-0.1, -0.05) is 76.6 Å². The molecule has 0 saturated heterocycles. The number of nitrogens with zero attached hydrogens (tertiary/aromatic N) is 2. The molecule has 198 valence electrons. The van der Waals surface area contributed by atoms with Gasteiger partial charge in [-0.25, -0.2) is 8.42 Å². The van der Waals surface area contributed by atoms with Crippen LogP contribution in [0.5, 0.6) is 0 Å². The van der Waals surface area contributed by atoms with Gasteiger partial charge >= 0.3 is 0 Å². The number of aryl methyl sites for hydroxylation is 1. The van der Waals surface area contributed by atoms with E-state index in [-0.39, 0.29) is 23.8 Å². The van der Waals surface area contributed by atoms with Crippen LogP contribution in [0.25, 0.3) is 0 Å². The quantitative estimate of drug-likeness (QED) is 0.513. The largest absolute Gasteiger partial charge is 0.354 e. The number of hydrogen-bond donors (Lipinski definition) is 1. The molecule has 2 aromatic rings. The van der Waals surface area contributed by atoms with Gasteiger partial charge in [0.15, 0.2) is 0 Å². The van der Waals surface area contributed by atoms with Gasteiger partial charge in [-0.15, -0.1) is 0 Å². The van der Waals surface area contributed by atoms with Crippen LogP contribution in [-0.2, 0) is 31.6 Å². The summed E-state index contributed by atoms with van der Waals surface area (Å²) in [7, 11) is -3.76. The molecule has 1 atom stereocenters. The molecule has 36 heavy (non-hydrogen) atoms. The lowest BCUT2D eigenvalue weighted by atomic mass is 9.87. The molecule has 0 aromatic heterocycles. The van der Waals surface area contributed by atoms with E-state index in [1.54, 1.807) is 19.1 Å². The molecule has 0 saturated carbocycles. The molecule has 2 aromatic carbocycles. The predicted molar refractivity (Wildman–Crippen MR) is 146 cm³/mol. The number of anilines is 1. The van der Waals surface area contributed by atoms with E-state index in [1.165, 1.54) is 4.90 Å². The van der Waals surface area contributed by atoms with Crippen LogP contribution in [0.3, 0.4) is 0 Å². The van der Waals surface area contributed by atoms with E-state index in [4.69, 9.17) is 0 Å². The third kappa shape index (κ3) is 8.36. The zero-order chi connectivity index (χ0) is 27.3. The summed E-state index contributed by atoms with van der Waals surface area (Å²) in [6.45, 7) is 14.1. The molecule has 1 N–H and O–H groups in total. The highest BCUT2D eigenvalue weighted by Crippen LogP contribution is 2.26. The molecule has 8 heteroatoms. The standard InChI is InChI=1S/C28H41N3O4S/c1-20(2)17-29-27(33)22(4)30(18-23-11-9-10-21(3)16-23)26(32)19-31(36(8,34)35)25-14-12-24(13-15-25)28(5,6)7/h9-16,20,22H,17-19H2,1-8H3,(H,29,33). The first-order valence-electron chi connectivity index (χ1n) is 12.3. The fraction of sp³-hybridized carbons (Fsp3) is 0.500. The lowest BCUT2D eigenvalue weighted by molar-refractivity contribution is -0.139. The molecule has 0 bridgehead atoms. The Balaban J connectivity index is 2.38. The molecular formula is C28H41N3O4S. The van der Waals surface area contributed by atoms with Crippen LogP contribution in [0.1, 0.15) is 58.2 Å². The second kappa shape index (κ2) is 11.9. The number of nitrogens with one attached hydrogen (secondary N) is 1. The third-order valence-electron chi connectivity index (χ3n) is 5.99. The second-order valence-electron chi connectivity index (χ2n) is 10.9. The van der Waals surface area contributed by atoms with E-state index in [1.807, 2.05) is 57.2 Å². The molecule has 2 amide bonds. The van der Waals surface area contributed by atoms with Crippen molar-refractivity contribution in [2.24, 2.45) is 5.92 Å². The summed E-state index contributed by atoms with van der Waals surface area (Å²) in [5.74, 6) is -0.460. The molecule has 2 rings (SSSR count). The van der Waals surface area contributed by atoms with Gasteiger partial charge in [0, 0.05) is 13.1 Å². The number of carbonyl (C=O) groups excluding carboxylic acids is 2. The Kier molecular flexibility index (Phi) is 9.71. The molecule has 0 aliphatic heterocycles. The SMILES string of the molecule is Cc1cccc(CN(C(=O)CN(c2ccc(C(C)(C)C)cc2)S(C)(=O)=O)C(C)C(=O)NCC(C)C)c1. The first-order valence-corrected chi connectivity index (χ1v) is 14.2. The van der Waals surface area contributed by atoms with E-state index in [0.29, 0.717) is 12.2 Å². The van der Waals surface area contributed by atoms with Gasteiger partial charge in [0.1, 0.15) is 12.6 Å². The predicted octanol–water partition coefficient (Wildman–Crippen LogP) is 4.25. The van der Waals surface area contributed by atoms with Crippen LogP contribution in [0.15, 0.2) is 48.5 Å². The maximum Gasteiger partial charge on any atom is 0.244 e. The monoisotopic (exact) mass is 515 g/mol. The summed E-state index contributed by atoms with van der Waals surface area (Å²) in [5, 5.41) is 2.89. The topological polar surface area (TPSA) is 86.8 Å². The molecule has 0 aliphatic carbocycles. The molecule has 0 spiro atoms. The first-order chi connectivity index (χ1) is 16.6. The van der Waals surface area contributed by atoms with Crippen LogP contribution in [0, 0.1) is 12.8 Å². The van der Waals surface area contributed by atoms with E-state index in [2.05, 4.69) is 26.1 Å². The molecule has 7 nitrogen and oxygen atoms in total. The van der Waals surface area contributed by atoms with Gasteiger partial charge < -0.3 is 10.2 Å². The van der Waals surface area contributed by atoms with E-state index >= 15 is 0 Å². The molecular weight excluding hydrogens is 474 g/mol. The van der Waals surface area contributed by atoms with Crippen molar-refractivity contribution >= 4 is 27.5 Å². The van der Waals surface area contributed by atoms with Gasteiger partial charge in [-0.3, -0.25) is 13.9 Å². The van der Waals surface area contributed by atoms with Crippen molar-refractivity contribution in [1.82, 2.24) is 10.2 Å². The number of sulfonamides is 1. The van der Waals surface area contributed by atoms with E-state index < -0.39 is 28.5 Å². The van der Waals surface area contributed by atoms with Crippen LogP contribution >= 0.6 is 0 Å². The summed E-state index contributed by atoms with van der Waals surface area (Å²) >= 11 is 0. The summed E-state index contributed by atoms with van der Waals surface area (Å²) in [5.41, 5.74) is 3.28. The normalized spacial score (nSPS) is 12.8. The third-order valence-corrected chi connectivity index (χ3v) is 7.13. The zero-order valence-corrected chi connectivity index (χ0v) is 23.6. The van der Waals surface area contributed by atoms with Crippen LogP contribution in [-0.4, -0.2) is 50.5 Å². The van der Waals surface area contributed by atoms with Crippen molar-refractivity contribution in [1.29, 1.82) is 0 Å². The van der Waals surface area contributed by atoms with Crippen molar-refractivity contribution < 1.29 is 18.0 Å². The van der Waals surface area contributed by atoms with Crippen LogP contribution in [0.2, 0.25) is 0 Å². The number of hydrogen-bond acceptors (Lipinski definition) is 4. The summed E-state index contributed by atoms with van der Waals surface area (Å²) < 4.78 is 26.6. The highest BCUT2D eigenvalue weighted by molar-refractivity contribution is 7.92. The smallest absolute Gasteiger partial charge is 0.244 e. The fourth-order valence-electron chi connectivity index (χ4n) is 3.78. The van der Waals surface area contributed by atoms with Crippen LogP contribution < -0.4 is 9.62 Å². The van der Waals surface area contributed by atoms with E-state index in [9.17, 15) is 18.0 Å². The van der Waals surface area contributed by atoms with Gasteiger partial charge in [-0.2, -0.15) is 0 Å². The maximum atomic E-state index is 13.6. The molecule has 0 heterocycles. The Morgan fingerprint density at radius 3 is 2.11 bits per heavy atom. The van der Waals surface area contributed by atoms with E-state index in [0.717, 1.165) is 27.3 Å². The molecule has 0 aliphatic rings. The van der Waals surface area contributed by atoms with Gasteiger partial charge in [0.05, 0.1) is 11.9 Å². The zero-order valence-electron chi connectivity index (χ0n) is 22.8. The van der Waals surface area contributed by atoms with Crippen LogP contribution in [0.4, 0.5) is 5.69 Å². The fourth-order valence-corrected chi connectivity index (χ4v) is 4.63. The molecule has 1 unspecified atom stereocenters. The minimum atomic E-state index is -3.76. The highest BCUT2D eigenvalue weighted by Gasteiger charge is 2.30. The summed E-state index contributed by atoms with van der Waals surface area (Å²) in [6, 6.07) is 14.1. The first kappa shape index (κ1) is 29.4. The Hall–Kier alpha value is -2.87. The lowest BCUT2D eigenvalue weighted by Gasteiger charge is -2.32. The van der Waals surface area contributed by atoms with Gasteiger partial charge in [-0.05, 0) is 48.4 Å². The number of carbonyl (C=O) groups is 2. The number of benzene rings is 2. The average molecular weight is 516 g/mol. The second-order valence-corrected chi connectivity index (χ2v) is 12.8. The minimum absolute atomic E-state index is 0.0896. The molecule has 0 radical (unpaired) electrons. The summed E-state index contributed by atoms with van der Waals surface area (Å²) in [6.07, 6.45) is 1.08. The summed E-state index contributed by atoms with van der Waals surface area (Å²) in [4.78, 5) is 28.0. The van der Waals surface area contributed by atoms with Crippen molar-refractivity contribution in [3.05, 3.63) is 65.2 Å². The Morgan fingerprint density at radius 1 is 1.00 bits per heavy atom. The number of amides is 2. The van der Waals surface area contributed by atoms with Crippen molar-refractivity contribution in [3.63, 3.8) is 0 Å². The molecule has 0 fully saturated rings. The Bertz CT molecular complexity index is 1150. The van der Waals surface area contributed by atoms with Crippen molar-refractivity contribution in [3.8, 4) is 0 Å². The Morgan fingerprint density at radius 2 is 1.61 bits per heavy atom. The van der Waals surface area contributed by atoms with Gasteiger partial charge in [0.2, 0.25) is 21.8 Å². The Labute approximate surface area is 216 Å². The van der Waals surface area contributed by atoms with Crippen molar-refractivity contribution in [2.45, 2.75) is 66.5 Å². The van der Waals surface area contributed by atoms with Gasteiger partial charge in [0.25, 0.3) is 0 Å². The number of rotatable bonds is 10. The highest BCUT2D eigenvalue weighted by atomic mass is 32.2.